The third kappa shape index (κ3) is 2.30. The fraction of sp³-hybridized carbons (Fsp3) is 0. The van der Waals surface area contributed by atoms with E-state index in [0.29, 0.717) is 0 Å². The van der Waals surface area contributed by atoms with Crippen LogP contribution in [0.2, 0.25) is 0 Å². The van der Waals surface area contributed by atoms with Gasteiger partial charge in [0.05, 0.1) is 0 Å². The first-order chi connectivity index (χ1) is 15.4. The van der Waals surface area contributed by atoms with Crippen molar-refractivity contribution in [3.63, 3.8) is 0 Å². The molecule has 0 saturated carbocycles. The molecule has 7 aromatic rings. The predicted molar refractivity (Wildman–Crippen MR) is 129 cm³/mol. The predicted octanol–water partition coefficient (Wildman–Crippen LogP) is 8.11. The Kier molecular flexibility index (Phi) is 3.30. The molecule has 0 atom stereocenters. The Balaban J connectivity index is 1.60. The molecule has 2 heteroatoms. The van der Waals surface area contributed by atoms with E-state index in [9.17, 15) is 0 Å². The molecule has 0 aliphatic carbocycles. The van der Waals surface area contributed by atoms with Gasteiger partial charge in [-0.2, -0.15) is 0 Å². The molecule has 0 fully saturated rings. The van der Waals surface area contributed by atoms with Crippen molar-refractivity contribution in [2.75, 3.05) is 0 Å². The number of hydrogen-bond donors (Lipinski definition) is 0. The van der Waals surface area contributed by atoms with Gasteiger partial charge in [0, 0.05) is 34.1 Å². The van der Waals surface area contributed by atoms with Crippen LogP contribution in [0.1, 0.15) is 0 Å². The van der Waals surface area contributed by atoms with Gasteiger partial charge in [-0.1, -0.05) is 72.8 Å². The summed E-state index contributed by atoms with van der Waals surface area (Å²) in [5.74, 6) is 0. The summed E-state index contributed by atoms with van der Waals surface area (Å²) >= 11 is 0. The molecule has 5 aromatic carbocycles. The van der Waals surface area contributed by atoms with E-state index < -0.39 is 0 Å². The van der Waals surface area contributed by atoms with Crippen LogP contribution in [0.5, 0.6) is 0 Å². The Morgan fingerprint density at radius 2 is 1.23 bits per heavy atom. The largest absolute Gasteiger partial charge is 0.455 e. The number of fused-ring (bicyclic) bond motifs is 9. The molecule has 0 N–H and O–H groups in total. The average molecular weight is 395 g/mol. The number of rotatable bonds is 1. The zero-order chi connectivity index (χ0) is 20.4. The Bertz CT molecular complexity index is 1760. The van der Waals surface area contributed by atoms with Gasteiger partial charge in [-0.05, 0) is 50.7 Å². The maximum Gasteiger partial charge on any atom is 0.143 e. The minimum Gasteiger partial charge on any atom is -0.455 e. The van der Waals surface area contributed by atoms with Gasteiger partial charge in [-0.15, -0.1) is 0 Å². The maximum absolute atomic E-state index is 6.30. The van der Waals surface area contributed by atoms with Crippen LogP contribution in [0.4, 0.5) is 0 Å². The molecule has 0 radical (unpaired) electrons. The summed E-state index contributed by atoms with van der Waals surface area (Å²) in [5, 5.41) is 9.71. The van der Waals surface area contributed by atoms with E-state index in [1.807, 2.05) is 24.5 Å². The molecule has 0 saturated heterocycles. The van der Waals surface area contributed by atoms with Crippen LogP contribution >= 0.6 is 0 Å². The molecule has 2 nitrogen and oxygen atoms in total. The van der Waals surface area contributed by atoms with Crippen molar-refractivity contribution in [1.82, 2.24) is 4.98 Å². The van der Waals surface area contributed by atoms with Crippen molar-refractivity contribution >= 4 is 54.3 Å². The molecule has 0 unspecified atom stereocenters. The van der Waals surface area contributed by atoms with Crippen LogP contribution in [0.3, 0.4) is 0 Å². The minimum absolute atomic E-state index is 0.926. The lowest BCUT2D eigenvalue weighted by Gasteiger charge is -2.12. The second-order valence-corrected chi connectivity index (χ2v) is 8.01. The topological polar surface area (TPSA) is 26.0 Å². The van der Waals surface area contributed by atoms with E-state index in [-0.39, 0.29) is 0 Å². The van der Waals surface area contributed by atoms with Gasteiger partial charge < -0.3 is 4.42 Å². The quantitative estimate of drug-likeness (QED) is 0.262. The third-order valence-electron chi connectivity index (χ3n) is 6.35. The fourth-order valence-corrected chi connectivity index (χ4v) is 4.94. The molecule has 0 amide bonds. The first kappa shape index (κ1) is 16.6. The number of furan rings is 1. The molecule has 0 aliphatic rings. The minimum atomic E-state index is 0.926. The van der Waals surface area contributed by atoms with Crippen LogP contribution in [0.15, 0.2) is 108 Å². The van der Waals surface area contributed by atoms with Gasteiger partial charge in [-0.3, -0.25) is 4.98 Å². The SMILES string of the molecule is c1ccc2c(c1)oc1c(-c3ccc4c5ccncc5c5ccccc5c4c3)cccc12. The Morgan fingerprint density at radius 1 is 0.516 bits per heavy atom. The number of nitrogens with zero attached hydrogens (tertiary/aromatic N) is 1. The van der Waals surface area contributed by atoms with E-state index in [0.717, 1.165) is 33.1 Å². The lowest BCUT2D eigenvalue weighted by Crippen LogP contribution is -1.86. The third-order valence-corrected chi connectivity index (χ3v) is 6.35. The molecule has 7 rings (SSSR count). The average Bonchev–Trinajstić information content (AvgIpc) is 3.23. The van der Waals surface area contributed by atoms with E-state index >= 15 is 0 Å². The van der Waals surface area contributed by atoms with Crippen LogP contribution in [-0.4, -0.2) is 4.98 Å². The van der Waals surface area contributed by atoms with Crippen molar-refractivity contribution in [2.24, 2.45) is 0 Å². The summed E-state index contributed by atoms with van der Waals surface area (Å²) in [6, 6.07) is 32.1. The number of pyridine rings is 1. The lowest BCUT2D eigenvalue weighted by atomic mass is 9.92. The van der Waals surface area contributed by atoms with Crippen LogP contribution in [0.25, 0.3) is 65.4 Å². The Morgan fingerprint density at radius 3 is 2.13 bits per heavy atom. The second-order valence-electron chi connectivity index (χ2n) is 8.01. The highest BCUT2D eigenvalue weighted by Crippen LogP contribution is 2.39. The summed E-state index contributed by atoms with van der Waals surface area (Å²) in [6.07, 6.45) is 3.85. The number of hydrogen-bond acceptors (Lipinski definition) is 2. The fourth-order valence-electron chi connectivity index (χ4n) is 4.94. The zero-order valence-electron chi connectivity index (χ0n) is 16.7. The summed E-state index contributed by atoms with van der Waals surface area (Å²) in [5.41, 5.74) is 4.15. The highest BCUT2D eigenvalue weighted by molar-refractivity contribution is 6.25. The number of aromatic nitrogens is 1. The lowest BCUT2D eigenvalue weighted by molar-refractivity contribution is 0.670. The second kappa shape index (κ2) is 6.16. The van der Waals surface area contributed by atoms with Gasteiger partial charge in [0.1, 0.15) is 11.2 Å². The first-order valence-corrected chi connectivity index (χ1v) is 10.5. The van der Waals surface area contributed by atoms with Crippen LogP contribution < -0.4 is 0 Å². The monoisotopic (exact) mass is 395 g/mol. The van der Waals surface area contributed by atoms with Crippen molar-refractivity contribution in [3.05, 3.63) is 103 Å². The van der Waals surface area contributed by atoms with Crippen molar-refractivity contribution < 1.29 is 4.42 Å². The summed E-state index contributed by atoms with van der Waals surface area (Å²) in [4.78, 5) is 4.38. The highest BCUT2D eigenvalue weighted by atomic mass is 16.3. The molecule has 0 spiro atoms. The molecule has 0 bridgehead atoms. The van der Waals surface area contributed by atoms with Gasteiger partial charge in [0.2, 0.25) is 0 Å². The molecule has 2 aromatic heterocycles. The van der Waals surface area contributed by atoms with Crippen molar-refractivity contribution in [1.29, 1.82) is 0 Å². The number of para-hydroxylation sites is 2. The zero-order valence-corrected chi connectivity index (χ0v) is 16.7. The van der Waals surface area contributed by atoms with Crippen LogP contribution in [-0.2, 0) is 0 Å². The van der Waals surface area contributed by atoms with Gasteiger partial charge in [-0.25, -0.2) is 0 Å². The summed E-state index contributed by atoms with van der Waals surface area (Å²) in [7, 11) is 0. The highest BCUT2D eigenvalue weighted by Gasteiger charge is 2.14. The summed E-state index contributed by atoms with van der Waals surface area (Å²) in [6.45, 7) is 0. The standard InChI is InChI=1S/C29H17NO/c1-2-7-21-20(6-1)26-16-18(12-13-22(26)23-14-15-30-17-27(21)23)19-9-5-10-25-24-8-3-4-11-28(24)31-29(19)25/h1-17H. The summed E-state index contributed by atoms with van der Waals surface area (Å²) < 4.78 is 6.30. The van der Waals surface area contributed by atoms with Crippen molar-refractivity contribution in [2.45, 2.75) is 0 Å². The Hall–Kier alpha value is -4.17. The van der Waals surface area contributed by atoms with E-state index in [1.54, 1.807) is 0 Å². The molecular formula is C29H17NO. The van der Waals surface area contributed by atoms with Gasteiger partial charge in [0.15, 0.2) is 0 Å². The normalized spacial score (nSPS) is 11.9. The van der Waals surface area contributed by atoms with E-state index in [1.165, 1.54) is 32.3 Å². The van der Waals surface area contributed by atoms with Crippen molar-refractivity contribution in [3.8, 4) is 11.1 Å². The first-order valence-electron chi connectivity index (χ1n) is 10.5. The van der Waals surface area contributed by atoms with Gasteiger partial charge >= 0.3 is 0 Å². The Labute approximate surface area is 178 Å². The molecule has 0 aliphatic heterocycles. The maximum atomic E-state index is 6.30. The van der Waals surface area contributed by atoms with E-state index in [4.69, 9.17) is 4.42 Å². The number of benzene rings is 5. The van der Waals surface area contributed by atoms with Gasteiger partial charge in [0.25, 0.3) is 0 Å². The molecule has 2 heterocycles. The molecule has 144 valence electrons. The van der Waals surface area contributed by atoms with Crippen LogP contribution in [0, 0.1) is 0 Å². The molecule has 31 heavy (non-hydrogen) atoms. The molecular weight excluding hydrogens is 378 g/mol. The smallest absolute Gasteiger partial charge is 0.143 e. The van der Waals surface area contributed by atoms with E-state index in [2.05, 4.69) is 83.8 Å².